The van der Waals surface area contributed by atoms with Crippen LogP contribution >= 0.6 is 0 Å². The Morgan fingerprint density at radius 3 is 2.67 bits per heavy atom. The summed E-state index contributed by atoms with van der Waals surface area (Å²) in [5.41, 5.74) is 11.2. The van der Waals surface area contributed by atoms with Gasteiger partial charge in [-0.2, -0.15) is 0 Å². The zero-order valence-electron chi connectivity index (χ0n) is 23.9. The number of imidazole rings is 1. The lowest BCUT2D eigenvalue weighted by molar-refractivity contribution is -0.0772. The molecule has 11 nitrogen and oxygen atoms in total. The van der Waals surface area contributed by atoms with Crippen molar-refractivity contribution in [1.29, 1.82) is 0 Å². The molecule has 11 heteroatoms. The minimum atomic E-state index is 0.623. The van der Waals surface area contributed by atoms with Crippen molar-refractivity contribution in [3.05, 3.63) is 78.5 Å². The number of pyridine rings is 1. The molecule has 4 aromatic rings. The Hall–Kier alpha value is -4.32. The molecule has 3 N–H and O–H groups in total. The monoisotopic (exact) mass is 567 g/mol. The Balaban J connectivity index is 1.03. The van der Waals surface area contributed by atoms with Gasteiger partial charge < -0.3 is 20.5 Å². The average Bonchev–Trinajstić information content (AvgIpc) is 3.43. The fraction of sp³-hybridized carbons (Fsp3) is 0.355. The van der Waals surface area contributed by atoms with Crippen LogP contribution in [-0.2, 0) is 11.3 Å². The minimum absolute atomic E-state index is 0.623. The molecule has 0 spiro atoms. The highest BCUT2D eigenvalue weighted by molar-refractivity contribution is 6.09. The van der Waals surface area contributed by atoms with Crippen molar-refractivity contribution in [3.63, 3.8) is 0 Å². The minimum Gasteiger partial charge on any atom is -0.492 e. The van der Waals surface area contributed by atoms with E-state index in [0.29, 0.717) is 19.2 Å². The predicted molar refractivity (Wildman–Crippen MR) is 165 cm³/mol. The summed E-state index contributed by atoms with van der Waals surface area (Å²) < 4.78 is 13.4. The number of hydrogen-bond acceptors (Lipinski definition) is 10. The van der Waals surface area contributed by atoms with Crippen LogP contribution in [0.1, 0.15) is 11.1 Å². The molecule has 3 aromatic heterocycles. The summed E-state index contributed by atoms with van der Waals surface area (Å²) in [4.78, 5) is 22.6. The molecule has 0 aliphatic carbocycles. The number of hydrogen-bond donors (Lipinski definition) is 2. The van der Waals surface area contributed by atoms with Crippen molar-refractivity contribution in [3.8, 4) is 17.1 Å². The van der Waals surface area contributed by atoms with Crippen molar-refractivity contribution < 1.29 is 9.47 Å². The maximum atomic E-state index is 6.09. The Kier molecular flexibility index (Phi) is 8.69. The fourth-order valence-corrected chi connectivity index (χ4v) is 5.27. The third kappa shape index (κ3) is 6.43. The summed E-state index contributed by atoms with van der Waals surface area (Å²) in [6.07, 6.45) is 8.70. The van der Waals surface area contributed by atoms with Gasteiger partial charge >= 0.3 is 0 Å². The Morgan fingerprint density at radius 1 is 1.10 bits per heavy atom. The van der Waals surface area contributed by atoms with Crippen LogP contribution in [0, 0.1) is 0 Å². The first kappa shape index (κ1) is 27.8. The van der Waals surface area contributed by atoms with Gasteiger partial charge in [0.15, 0.2) is 0 Å². The van der Waals surface area contributed by atoms with Crippen LogP contribution in [0.2, 0.25) is 0 Å². The van der Waals surface area contributed by atoms with Crippen LogP contribution < -0.4 is 15.8 Å². The number of nitrogens with one attached hydrogen (secondary N) is 1. The third-order valence-electron chi connectivity index (χ3n) is 7.84. The molecule has 42 heavy (non-hydrogen) atoms. The molecule has 2 aliphatic heterocycles. The van der Waals surface area contributed by atoms with E-state index < -0.39 is 0 Å². The number of allylic oxidation sites excluding steroid dienone is 1. The second-order valence-electron chi connectivity index (χ2n) is 10.5. The van der Waals surface area contributed by atoms with E-state index in [0.717, 1.165) is 91.2 Å². The number of nitrogens with two attached hydrogens (primary N) is 1. The normalized spacial score (nSPS) is 17.1. The molecule has 0 atom stereocenters. The Bertz CT molecular complexity index is 1540. The van der Waals surface area contributed by atoms with E-state index in [4.69, 9.17) is 15.2 Å². The number of nitrogens with zero attached hydrogens (tertiary/aromatic N) is 7. The van der Waals surface area contributed by atoms with E-state index in [9.17, 15) is 0 Å². The molecule has 0 saturated carbocycles. The van der Waals surface area contributed by atoms with E-state index >= 15 is 0 Å². The van der Waals surface area contributed by atoms with Gasteiger partial charge in [-0.1, -0.05) is 24.3 Å². The highest BCUT2D eigenvalue weighted by atomic mass is 16.5. The summed E-state index contributed by atoms with van der Waals surface area (Å²) in [6, 6.07) is 14.7. The molecule has 2 aliphatic rings. The molecule has 2 saturated heterocycles. The van der Waals surface area contributed by atoms with Crippen LogP contribution in [0.5, 0.6) is 5.75 Å². The van der Waals surface area contributed by atoms with Crippen LogP contribution in [0.25, 0.3) is 22.6 Å². The number of fused-ring (bicyclic) bond motifs is 1. The average molecular weight is 568 g/mol. The van der Waals surface area contributed by atoms with E-state index in [2.05, 4.69) is 47.2 Å². The van der Waals surface area contributed by atoms with Crippen LogP contribution in [-0.4, -0.2) is 101 Å². The largest absolute Gasteiger partial charge is 0.492 e. The smallest absolute Gasteiger partial charge is 0.140 e. The topological polar surface area (TPSA) is 118 Å². The number of piperazine rings is 1. The molecule has 5 heterocycles. The third-order valence-corrected chi connectivity index (χ3v) is 7.84. The highest BCUT2D eigenvalue weighted by Crippen LogP contribution is 2.23. The first-order valence-corrected chi connectivity index (χ1v) is 14.3. The molecular weight excluding hydrogens is 530 g/mol. The standard InChI is InChI=1S/C31H37N9O2/c1-33-18-25(16-32)24-4-2-23(3-5-24)17-34-30-15-28(36-22-37-30)29-19-35-31-14-27(6-7-40(29)31)42-13-12-38-8-10-39(11-9-38)26-20-41-21-26/h2-7,14-16,18-19,22,26H,8-13,17,20-21,32H2,1H3,(H,34,36,37). The number of anilines is 1. The summed E-state index contributed by atoms with van der Waals surface area (Å²) in [5, 5.41) is 3.39. The number of ether oxygens (including phenoxy) is 2. The van der Waals surface area contributed by atoms with Gasteiger partial charge in [0.05, 0.1) is 36.8 Å². The maximum Gasteiger partial charge on any atom is 0.140 e. The number of aromatic nitrogens is 4. The SMILES string of the molecule is CN=CC(=CN)c1ccc(CNc2cc(-c3cnc4cc(OCCN5CCN(C6COC6)CC5)ccn34)ncn2)cc1. The fourth-order valence-electron chi connectivity index (χ4n) is 5.27. The zero-order valence-corrected chi connectivity index (χ0v) is 23.9. The second kappa shape index (κ2) is 13.1. The summed E-state index contributed by atoms with van der Waals surface area (Å²) in [7, 11) is 1.73. The van der Waals surface area contributed by atoms with Gasteiger partial charge in [0.2, 0.25) is 0 Å². The number of benzene rings is 1. The lowest BCUT2D eigenvalue weighted by Gasteiger charge is -2.42. The van der Waals surface area contributed by atoms with Gasteiger partial charge in [-0.05, 0) is 17.2 Å². The van der Waals surface area contributed by atoms with Gasteiger partial charge in [-0.3, -0.25) is 19.2 Å². The molecule has 1 aromatic carbocycles. The van der Waals surface area contributed by atoms with Crippen LogP contribution in [0.15, 0.2) is 72.4 Å². The lowest BCUT2D eigenvalue weighted by atomic mass is 10.1. The summed E-state index contributed by atoms with van der Waals surface area (Å²) in [5.74, 6) is 1.55. The zero-order chi connectivity index (χ0) is 28.7. The van der Waals surface area contributed by atoms with E-state index in [1.54, 1.807) is 25.8 Å². The molecular formula is C31H37N9O2. The van der Waals surface area contributed by atoms with Crippen molar-refractivity contribution in [1.82, 2.24) is 29.2 Å². The summed E-state index contributed by atoms with van der Waals surface area (Å²) >= 11 is 0. The number of aliphatic imine (C=N–C) groups is 1. The molecule has 0 unspecified atom stereocenters. The predicted octanol–water partition coefficient (Wildman–Crippen LogP) is 2.80. The van der Waals surface area contributed by atoms with Gasteiger partial charge in [-0.15, -0.1) is 0 Å². The molecule has 0 amide bonds. The number of rotatable bonds is 11. The van der Waals surface area contributed by atoms with E-state index in [1.807, 2.05) is 47.1 Å². The first-order valence-electron chi connectivity index (χ1n) is 14.3. The molecule has 6 rings (SSSR count). The van der Waals surface area contributed by atoms with Crippen LogP contribution in [0.3, 0.4) is 0 Å². The van der Waals surface area contributed by atoms with Crippen molar-refractivity contribution in [2.24, 2.45) is 10.7 Å². The van der Waals surface area contributed by atoms with E-state index in [1.165, 1.54) is 0 Å². The van der Waals surface area contributed by atoms with Gasteiger partial charge in [0.1, 0.15) is 30.1 Å². The highest BCUT2D eigenvalue weighted by Gasteiger charge is 2.28. The molecule has 0 bridgehead atoms. The Labute approximate surface area is 245 Å². The maximum absolute atomic E-state index is 6.09. The molecule has 218 valence electrons. The van der Waals surface area contributed by atoms with Crippen molar-refractivity contribution in [2.75, 3.05) is 64.9 Å². The first-order chi connectivity index (χ1) is 20.7. The van der Waals surface area contributed by atoms with Crippen molar-refractivity contribution in [2.45, 2.75) is 12.6 Å². The molecule has 2 fully saturated rings. The van der Waals surface area contributed by atoms with E-state index in [-0.39, 0.29) is 0 Å². The summed E-state index contributed by atoms with van der Waals surface area (Å²) in [6.45, 7) is 8.32. The lowest BCUT2D eigenvalue weighted by Crippen LogP contribution is -2.56. The Morgan fingerprint density at radius 2 is 1.93 bits per heavy atom. The van der Waals surface area contributed by atoms with Gasteiger partial charge in [0, 0.05) is 82.6 Å². The van der Waals surface area contributed by atoms with Gasteiger partial charge in [-0.25, -0.2) is 15.0 Å². The molecule has 0 radical (unpaired) electrons. The van der Waals surface area contributed by atoms with Crippen molar-refractivity contribution >= 4 is 23.3 Å². The van der Waals surface area contributed by atoms with Gasteiger partial charge in [0.25, 0.3) is 0 Å². The second-order valence-corrected chi connectivity index (χ2v) is 10.5. The van der Waals surface area contributed by atoms with Crippen LogP contribution in [0.4, 0.5) is 5.82 Å². The quantitative estimate of drug-likeness (QED) is 0.264.